The SMILES string of the molecule is CC[N+]1(C2CCCN(c3c(C)cc(F)cc3C)C2=O)CCCCC1.Cc1ccccc1.[Y]. The number of piperidine rings is 2. The van der Waals surface area contributed by atoms with Gasteiger partial charge in [0.05, 0.1) is 19.6 Å². The number of likely N-dealkylation sites (tertiary alicyclic amines) is 1. The maximum absolute atomic E-state index is 13.6. The van der Waals surface area contributed by atoms with Crippen molar-refractivity contribution in [2.75, 3.05) is 31.1 Å². The fraction of sp³-hybridized carbons (Fsp3) is 0.519. The van der Waals surface area contributed by atoms with Crippen LogP contribution in [0.25, 0.3) is 0 Å². The summed E-state index contributed by atoms with van der Waals surface area (Å²) < 4.78 is 14.6. The molecule has 171 valence electrons. The number of rotatable bonds is 3. The van der Waals surface area contributed by atoms with Crippen molar-refractivity contribution in [2.45, 2.75) is 65.8 Å². The molecule has 2 aromatic rings. The monoisotopic (exact) mass is 514 g/mol. The molecule has 32 heavy (non-hydrogen) atoms. The average Bonchev–Trinajstić information content (AvgIpc) is 2.76. The van der Waals surface area contributed by atoms with Gasteiger partial charge < -0.3 is 9.38 Å². The van der Waals surface area contributed by atoms with Crippen molar-refractivity contribution in [1.82, 2.24) is 0 Å². The number of carbonyl (C=O) groups is 1. The molecule has 5 heteroatoms. The Morgan fingerprint density at radius 3 is 2.06 bits per heavy atom. The van der Waals surface area contributed by atoms with E-state index in [1.54, 1.807) is 12.1 Å². The zero-order chi connectivity index (χ0) is 22.4. The summed E-state index contributed by atoms with van der Waals surface area (Å²) in [5.41, 5.74) is 3.98. The number of anilines is 1. The van der Waals surface area contributed by atoms with E-state index in [4.69, 9.17) is 0 Å². The first-order chi connectivity index (χ1) is 14.9. The molecule has 1 atom stereocenters. The van der Waals surface area contributed by atoms with E-state index in [0.29, 0.717) is 0 Å². The molecule has 3 nitrogen and oxygen atoms in total. The topological polar surface area (TPSA) is 20.3 Å². The molecule has 0 spiro atoms. The van der Waals surface area contributed by atoms with Gasteiger partial charge in [-0.2, -0.15) is 0 Å². The smallest absolute Gasteiger partial charge is 0.285 e. The summed E-state index contributed by atoms with van der Waals surface area (Å²) in [4.78, 5) is 15.3. The Labute approximate surface area is 218 Å². The first-order valence-electron chi connectivity index (χ1n) is 11.8. The van der Waals surface area contributed by atoms with Gasteiger partial charge in [-0.1, -0.05) is 35.9 Å². The maximum atomic E-state index is 13.6. The van der Waals surface area contributed by atoms with Crippen LogP contribution in [0, 0.1) is 26.6 Å². The predicted molar refractivity (Wildman–Crippen MR) is 127 cm³/mol. The van der Waals surface area contributed by atoms with Crippen molar-refractivity contribution in [3.63, 3.8) is 0 Å². The average molecular weight is 515 g/mol. The number of hydrogen-bond acceptors (Lipinski definition) is 1. The molecule has 1 radical (unpaired) electrons. The molecule has 1 unspecified atom stereocenters. The number of nitrogens with zero attached hydrogens (tertiary/aromatic N) is 2. The summed E-state index contributed by atoms with van der Waals surface area (Å²) in [5.74, 6) is 0.0330. The molecule has 2 aromatic carbocycles. The van der Waals surface area contributed by atoms with E-state index in [1.807, 2.05) is 36.9 Å². The summed E-state index contributed by atoms with van der Waals surface area (Å²) in [5, 5.41) is 0. The van der Waals surface area contributed by atoms with E-state index >= 15 is 0 Å². The van der Waals surface area contributed by atoms with Crippen LogP contribution in [0.5, 0.6) is 0 Å². The van der Waals surface area contributed by atoms with Gasteiger partial charge in [-0.25, -0.2) is 4.39 Å². The minimum Gasteiger partial charge on any atom is -0.314 e. The first kappa shape index (κ1) is 27.2. The third-order valence-electron chi connectivity index (χ3n) is 7.07. The number of quaternary nitrogens is 1. The molecule has 0 N–H and O–H groups in total. The summed E-state index contributed by atoms with van der Waals surface area (Å²) in [7, 11) is 0. The molecular weight excluding hydrogens is 476 g/mol. The molecule has 2 saturated heterocycles. The molecular formula is C27H38FN2OY+. The fourth-order valence-electron chi connectivity index (χ4n) is 5.44. The molecule has 0 bridgehead atoms. The normalized spacial score (nSPS) is 20.1. The Morgan fingerprint density at radius 2 is 1.56 bits per heavy atom. The Bertz CT molecular complexity index is 857. The maximum Gasteiger partial charge on any atom is 0.285 e. The number of likely N-dealkylation sites (N-methyl/N-ethyl adjacent to an activating group) is 1. The van der Waals surface area contributed by atoms with Crippen molar-refractivity contribution >= 4 is 11.6 Å². The second-order valence-corrected chi connectivity index (χ2v) is 9.23. The number of aryl methyl sites for hydroxylation is 3. The van der Waals surface area contributed by atoms with Crippen molar-refractivity contribution in [2.24, 2.45) is 0 Å². The van der Waals surface area contributed by atoms with E-state index < -0.39 is 0 Å². The van der Waals surface area contributed by atoms with Crippen LogP contribution in [0.15, 0.2) is 42.5 Å². The van der Waals surface area contributed by atoms with E-state index in [0.717, 1.165) is 60.3 Å². The van der Waals surface area contributed by atoms with Gasteiger partial charge in [0, 0.05) is 51.4 Å². The van der Waals surface area contributed by atoms with Crippen molar-refractivity contribution in [3.8, 4) is 0 Å². The summed E-state index contributed by atoms with van der Waals surface area (Å²) in [6.07, 6.45) is 5.77. The number of carbonyl (C=O) groups excluding carboxylic acids is 1. The standard InChI is InChI=1S/C20H30FN2O.C7H8.Y/c1-4-23(11-6-5-7-12-23)18-9-8-10-22(20(18)24)19-15(2)13-17(21)14-16(19)3;1-7-5-3-2-4-6-7;/h13-14,18H,4-12H2,1-3H3;2-6H,1H3;/q+1;;. The molecule has 2 fully saturated rings. The van der Waals surface area contributed by atoms with Crippen LogP contribution in [0.2, 0.25) is 0 Å². The molecule has 1 amide bonds. The number of halogens is 1. The molecule has 2 aliphatic rings. The van der Waals surface area contributed by atoms with Crippen LogP contribution >= 0.6 is 0 Å². The van der Waals surface area contributed by atoms with E-state index in [9.17, 15) is 9.18 Å². The van der Waals surface area contributed by atoms with Crippen molar-refractivity contribution in [3.05, 3.63) is 65.0 Å². The Kier molecular flexibility index (Phi) is 10.5. The molecule has 2 heterocycles. The predicted octanol–water partition coefficient (Wildman–Crippen LogP) is 5.95. The van der Waals surface area contributed by atoms with Crippen molar-refractivity contribution < 1.29 is 46.4 Å². The van der Waals surface area contributed by atoms with Gasteiger partial charge in [0.25, 0.3) is 5.91 Å². The van der Waals surface area contributed by atoms with Gasteiger partial charge in [0.1, 0.15) is 5.82 Å². The van der Waals surface area contributed by atoms with Crippen LogP contribution < -0.4 is 4.90 Å². The van der Waals surface area contributed by atoms with E-state index in [1.165, 1.54) is 24.8 Å². The van der Waals surface area contributed by atoms with Crippen LogP contribution in [-0.2, 0) is 37.5 Å². The second kappa shape index (κ2) is 12.4. The Hall–Kier alpha value is -1.10. The molecule has 2 aliphatic heterocycles. The zero-order valence-corrected chi connectivity index (χ0v) is 23.1. The largest absolute Gasteiger partial charge is 0.314 e. The van der Waals surface area contributed by atoms with E-state index in [-0.39, 0.29) is 50.5 Å². The molecule has 0 aliphatic carbocycles. The second-order valence-electron chi connectivity index (χ2n) is 9.23. The number of amides is 1. The van der Waals surface area contributed by atoms with Crippen LogP contribution in [0.3, 0.4) is 0 Å². The van der Waals surface area contributed by atoms with Gasteiger partial charge in [-0.3, -0.25) is 4.79 Å². The third kappa shape index (κ3) is 6.27. The van der Waals surface area contributed by atoms with Crippen LogP contribution in [0.1, 0.15) is 55.7 Å². The summed E-state index contributed by atoms with van der Waals surface area (Å²) in [6.45, 7) is 12.2. The quantitative estimate of drug-likeness (QED) is 0.464. The third-order valence-corrected chi connectivity index (χ3v) is 7.07. The van der Waals surface area contributed by atoms with Crippen molar-refractivity contribution in [1.29, 1.82) is 0 Å². The number of hydrogen-bond donors (Lipinski definition) is 0. The van der Waals surface area contributed by atoms with Gasteiger partial charge in [-0.05, 0) is 76.6 Å². The molecule has 4 rings (SSSR count). The summed E-state index contributed by atoms with van der Waals surface area (Å²) in [6, 6.07) is 13.4. The Balaban J connectivity index is 0.000000388. The van der Waals surface area contributed by atoms with Crippen LogP contribution in [0.4, 0.5) is 10.1 Å². The molecule has 0 aromatic heterocycles. The minimum absolute atomic E-state index is 0. The van der Waals surface area contributed by atoms with Gasteiger partial charge in [0.2, 0.25) is 0 Å². The molecule has 0 saturated carbocycles. The van der Waals surface area contributed by atoms with Crippen LogP contribution in [-0.4, -0.2) is 42.6 Å². The minimum atomic E-state index is -0.220. The van der Waals surface area contributed by atoms with E-state index in [2.05, 4.69) is 26.0 Å². The first-order valence-corrected chi connectivity index (χ1v) is 11.8. The van der Waals surface area contributed by atoms with Gasteiger partial charge in [-0.15, -0.1) is 0 Å². The van der Waals surface area contributed by atoms with Gasteiger partial charge >= 0.3 is 0 Å². The Morgan fingerprint density at radius 1 is 0.969 bits per heavy atom. The summed E-state index contributed by atoms with van der Waals surface area (Å²) >= 11 is 0. The zero-order valence-electron chi connectivity index (χ0n) is 20.2. The fourth-order valence-corrected chi connectivity index (χ4v) is 5.44. The van der Waals surface area contributed by atoms with Gasteiger partial charge in [0.15, 0.2) is 6.04 Å². The number of benzene rings is 2.